The zero-order valence-electron chi connectivity index (χ0n) is 15.9. The van der Waals surface area contributed by atoms with Gasteiger partial charge in [0.1, 0.15) is 5.75 Å². The molecule has 0 bridgehead atoms. The Morgan fingerprint density at radius 1 is 1.00 bits per heavy atom. The maximum atomic E-state index is 12.4. The van der Waals surface area contributed by atoms with E-state index in [0.29, 0.717) is 22.7 Å². The third kappa shape index (κ3) is 5.70. The predicted octanol–water partition coefficient (Wildman–Crippen LogP) is 3.39. The highest BCUT2D eigenvalue weighted by molar-refractivity contribution is 6.05. The van der Waals surface area contributed by atoms with Gasteiger partial charge in [-0.15, -0.1) is 0 Å². The minimum Gasteiger partial charge on any atom is -0.495 e. The molecule has 2 aromatic carbocycles. The standard InChI is InChI=1S/C21H22N2O5/c1-4-7-19(24)28-14(2)20(25)22-16-12-10-15(11-13-16)21(26)23-17-8-5-6-9-18(17)27-3/h4-14H,1-3H3,(H,22,25)(H,23,26)/b7-4+. The van der Waals surface area contributed by atoms with Crippen LogP contribution in [0.4, 0.5) is 11.4 Å². The predicted molar refractivity (Wildman–Crippen MR) is 106 cm³/mol. The normalized spacial score (nSPS) is 11.5. The molecule has 1 atom stereocenters. The smallest absolute Gasteiger partial charge is 0.331 e. The van der Waals surface area contributed by atoms with Crippen molar-refractivity contribution < 1.29 is 23.9 Å². The number of allylic oxidation sites excluding steroid dienone is 1. The van der Waals surface area contributed by atoms with Gasteiger partial charge in [0, 0.05) is 17.3 Å². The Bertz CT molecular complexity index is 875. The molecule has 0 aliphatic rings. The lowest BCUT2D eigenvalue weighted by Crippen LogP contribution is -2.29. The third-order valence-corrected chi connectivity index (χ3v) is 3.73. The van der Waals surface area contributed by atoms with Crippen LogP contribution in [0.5, 0.6) is 5.75 Å². The number of hydrogen-bond acceptors (Lipinski definition) is 5. The fourth-order valence-electron chi connectivity index (χ4n) is 2.29. The second-order valence-corrected chi connectivity index (χ2v) is 5.80. The van der Waals surface area contributed by atoms with Gasteiger partial charge in [0.25, 0.3) is 11.8 Å². The molecule has 2 rings (SSSR count). The van der Waals surface area contributed by atoms with Gasteiger partial charge < -0.3 is 20.1 Å². The average Bonchev–Trinajstić information content (AvgIpc) is 2.69. The van der Waals surface area contributed by atoms with Gasteiger partial charge in [-0.3, -0.25) is 9.59 Å². The fraction of sp³-hybridized carbons (Fsp3) is 0.190. The molecule has 146 valence electrons. The third-order valence-electron chi connectivity index (χ3n) is 3.73. The zero-order valence-corrected chi connectivity index (χ0v) is 15.9. The lowest BCUT2D eigenvalue weighted by atomic mass is 10.2. The van der Waals surface area contributed by atoms with Crippen LogP contribution in [0.25, 0.3) is 0 Å². The molecule has 2 amide bonds. The lowest BCUT2D eigenvalue weighted by molar-refractivity contribution is -0.148. The van der Waals surface area contributed by atoms with Crippen LogP contribution >= 0.6 is 0 Å². The molecule has 0 spiro atoms. The Labute approximate surface area is 163 Å². The molecule has 0 aromatic heterocycles. The van der Waals surface area contributed by atoms with Gasteiger partial charge >= 0.3 is 5.97 Å². The SMILES string of the molecule is C/C=C/C(=O)OC(C)C(=O)Nc1ccc(C(=O)Nc2ccccc2OC)cc1. The number of amides is 2. The number of benzene rings is 2. The summed E-state index contributed by atoms with van der Waals surface area (Å²) in [7, 11) is 1.53. The highest BCUT2D eigenvalue weighted by Gasteiger charge is 2.17. The molecule has 28 heavy (non-hydrogen) atoms. The first-order valence-electron chi connectivity index (χ1n) is 8.63. The first kappa shape index (κ1) is 20.7. The molecule has 0 aliphatic carbocycles. The zero-order chi connectivity index (χ0) is 20.5. The van der Waals surface area contributed by atoms with Crippen molar-refractivity contribution in [3.05, 3.63) is 66.2 Å². The summed E-state index contributed by atoms with van der Waals surface area (Å²) in [5.74, 6) is -0.810. The van der Waals surface area contributed by atoms with E-state index < -0.39 is 18.0 Å². The fourth-order valence-corrected chi connectivity index (χ4v) is 2.29. The van der Waals surface area contributed by atoms with Crippen LogP contribution in [0.1, 0.15) is 24.2 Å². The van der Waals surface area contributed by atoms with E-state index >= 15 is 0 Å². The number of anilines is 2. The molecule has 1 unspecified atom stereocenters. The number of carbonyl (C=O) groups is 3. The van der Waals surface area contributed by atoms with Crippen LogP contribution in [0, 0.1) is 0 Å². The molecule has 7 heteroatoms. The minimum atomic E-state index is -0.947. The van der Waals surface area contributed by atoms with Gasteiger partial charge in [0.05, 0.1) is 12.8 Å². The van der Waals surface area contributed by atoms with Crippen molar-refractivity contribution >= 4 is 29.2 Å². The maximum Gasteiger partial charge on any atom is 0.331 e. The van der Waals surface area contributed by atoms with Crippen LogP contribution in [0.2, 0.25) is 0 Å². The number of methoxy groups -OCH3 is 1. The van der Waals surface area contributed by atoms with E-state index in [0.717, 1.165) is 0 Å². The molecular formula is C21H22N2O5. The molecule has 0 saturated heterocycles. The largest absolute Gasteiger partial charge is 0.495 e. The second kappa shape index (κ2) is 9.91. The van der Waals surface area contributed by atoms with Crippen molar-refractivity contribution in [2.75, 3.05) is 17.7 Å². The Morgan fingerprint density at radius 3 is 2.32 bits per heavy atom. The van der Waals surface area contributed by atoms with Crippen LogP contribution in [-0.2, 0) is 14.3 Å². The first-order chi connectivity index (χ1) is 13.4. The van der Waals surface area contributed by atoms with Gasteiger partial charge in [-0.2, -0.15) is 0 Å². The van der Waals surface area contributed by atoms with Gasteiger partial charge in [0.15, 0.2) is 6.10 Å². The minimum absolute atomic E-state index is 0.309. The van der Waals surface area contributed by atoms with Crippen LogP contribution in [0.3, 0.4) is 0 Å². The van der Waals surface area contributed by atoms with E-state index in [9.17, 15) is 14.4 Å². The van der Waals surface area contributed by atoms with Gasteiger partial charge in [0.2, 0.25) is 0 Å². The van der Waals surface area contributed by atoms with Gasteiger partial charge in [-0.05, 0) is 50.2 Å². The molecule has 0 radical (unpaired) electrons. The monoisotopic (exact) mass is 382 g/mol. The number of hydrogen-bond donors (Lipinski definition) is 2. The number of ether oxygens (including phenoxy) is 2. The summed E-state index contributed by atoms with van der Waals surface area (Å²) >= 11 is 0. The number of para-hydroxylation sites is 2. The molecule has 7 nitrogen and oxygen atoms in total. The van der Waals surface area contributed by atoms with E-state index in [1.165, 1.54) is 26.2 Å². The van der Waals surface area contributed by atoms with E-state index in [4.69, 9.17) is 9.47 Å². The number of carbonyl (C=O) groups excluding carboxylic acids is 3. The Kier molecular flexibility index (Phi) is 7.33. The van der Waals surface area contributed by atoms with E-state index in [-0.39, 0.29) is 5.91 Å². The maximum absolute atomic E-state index is 12.4. The van der Waals surface area contributed by atoms with Gasteiger partial charge in [-0.1, -0.05) is 18.2 Å². The summed E-state index contributed by atoms with van der Waals surface area (Å²) in [5, 5.41) is 5.41. The second-order valence-electron chi connectivity index (χ2n) is 5.80. The quantitative estimate of drug-likeness (QED) is 0.565. The van der Waals surface area contributed by atoms with Crippen LogP contribution in [-0.4, -0.2) is 31.0 Å². The lowest BCUT2D eigenvalue weighted by Gasteiger charge is -2.13. The number of esters is 1. The molecule has 0 heterocycles. The van der Waals surface area contributed by atoms with Crippen molar-refractivity contribution in [1.82, 2.24) is 0 Å². The van der Waals surface area contributed by atoms with Crippen LogP contribution < -0.4 is 15.4 Å². The van der Waals surface area contributed by atoms with E-state index in [1.54, 1.807) is 49.4 Å². The van der Waals surface area contributed by atoms with Crippen LogP contribution in [0.15, 0.2) is 60.7 Å². The van der Waals surface area contributed by atoms with Crippen molar-refractivity contribution in [3.8, 4) is 5.75 Å². The molecule has 0 aliphatic heterocycles. The Hall–Kier alpha value is -3.61. The number of rotatable bonds is 7. The average molecular weight is 382 g/mol. The highest BCUT2D eigenvalue weighted by atomic mass is 16.5. The summed E-state index contributed by atoms with van der Waals surface area (Å²) in [6, 6.07) is 13.4. The summed E-state index contributed by atoms with van der Waals surface area (Å²) < 4.78 is 10.2. The first-order valence-corrected chi connectivity index (χ1v) is 8.63. The van der Waals surface area contributed by atoms with Crippen molar-refractivity contribution in [1.29, 1.82) is 0 Å². The van der Waals surface area contributed by atoms with E-state index in [2.05, 4.69) is 10.6 Å². The summed E-state index contributed by atoms with van der Waals surface area (Å²) in [5.41, 5.74) is 1.45. The van der Waals surface area contributed by atoms with Crippen molar-refractivity contribution in [2.24, 2.45) is 0 Å². The molecule has 2 aromatic rings. The highest BCUT2D eigenvalue weighted by Crippen LogP contribution is 2.23. The topological polar surface area (TPSA) is 93.7 Å². The summed E-state index contributed by atoms with van der Waals surface area (Å²) in [6.45, 7) is 3.16. The van der Waals surface area contributed by atoms with Gasteiger partial charge in [-0.25, -0.2) is 4.79 Å². The molecule has 2 N–H and O–H groups in total. The molecule has 0 saturated carbocycles. The summed E-state index contributed by atoms with van der Waals surface area (Å²) in [6.07, 6.45) is 1.82. The Balaban J connectivity index is 1.98. The number of nitrogens with one attached hydrogen (secondary N) is 2. The molecule has 0 fully saturated rings. The Morgan fingerprint density at radius 2 is 1.68 bits per heavy atom. The summed E-state index contributed by atoms with van der Waals surface area (Å²) in [4.78, 5) is 35.8. The van der Waals surface area contributed by atoms with E-state index in [1.807, 2.05) is 6.07 Å². The van der Waals surface area contributed by atoms with Crippen molar-refractivity contribution in [3.63, 3.8) is 0 Å². The molecular weight excluding hydrogens is 360 g/mol. The van der Waals surface area contributed by atoms with Crippen molar-refractivity contribution in [2.45, 2.75) is 20.0 Å².